The number of aliphatic hydroxyl groups is 1. The number of fused-ring (bicyclic) bond motifs is 2. The van der Waals surface area contributed by atoms with Crippen molar-refractivity contribution in [3.05, 3.63) is 57.6 Å². The maximum Gasteiger partial charge on any atom is 0.295 e. The van der Waals surface area contributed by atoms with Crippen molar-refractivity contribution < 1.29 is 33.6 Å². The molecule has 1 fully saturated rings. The number of nitrogens with zero attached hydrogens (tertiary/aromatic N) is 2. The largest absolute Gasteiger partial charge is 0.454 e. The number of hydrogen-bond donors (Lipinski definition) is 3. The van der Waals surface area contributed by atoms with Crippen molar-refractivity contribution in [3.63, 3.8) is 0 Å². The van der Waals surface area contributed by atoms with Gasteiger partial charge < -0.3 is 25.2 Å². The Morgan fingerprint density at radius 3 is 2.82 bits per heavy atom. The van der Waals surface area contributed by atoms with Gasteiger partial charge in [0.15, 0.2) is 17.5 Å². The number of amides is 2. The number of nitrogens with one attached hydrogen (secondary N) is 2. The van der Waals surface area contributed by atoms with Gasteiger partial charge in [0.1, 0.15) is 12.6 Å². The van der Waals surface area contributed by atoms with Gasteiger partial charge in [0, 0.05) is 25.6 Å². The maximum atomic E-state index is 14.0. The molecule has 2 amide bonds. The van der Waals surface area contributed by atoms with Crippen LogP contribution in [-0.2, 0) is 15.1 Å². The Morgan fingerprint density at radius 2 is 2.09 bits per heavy atom. The van der Waals surface area contributed by atoms with E-state index in [-0.39, 0.29) is 35.8 Å². The first-order chi connectivity index (χ1) is 15.7. The molecule has 0 saturated carbocycles. The summed E-state index contributed by atoms with van der Waals surface area (Å²) >= 11 is 0. The average molecular weight is 455 g/mol. The summed E-state index contributed by atoms with van der Waals surface area (Å²) in [6.07, 6.45) is -0.736. The van der Waals surface area contributed by atoms with Crippen LogP contribution in [0.25, 0.3) is 0 Å². The Bertz CT molecular complexity index is 1200. The number of non-ortho nitro benzene ring substituents is 1. The number of nitro groups is 1. The number of nitro benzene ring substituents is 1. The van der Waals surface area contributed by atoms with Crippen molar-refractivity contribution in [2.75, 3.05) is 32.7 Å². The molecule has 3 N–H and O–H groups in total. The highest BCUT2D eigenvalue weighted by Crippen LogP contribution is 2.56. The number of benzene rings is 2. The van der Waals surface area contributed by atoms with Crippen LogP contribution >= 0.6 is 0 Å². The van der Waals surface area contributed by atoms with E-state index in [1.165, 1.54) is 25.2 Å². The predicted molar refractivity (Wildman–Crippen MR) is 115 cm³/mol. The van der Waals surface area contributed by atoms with Crippen LogP contribution in [0, 0.1) is 10.1 Å². The van der Waals surface area contributed by atoms with E-state index in [0.29, 0.717) is 28.3 Å². The first-order valence-corrected chi connectivity index (χ1v) is 10.5. The Labute approximate surface area is 188 Å². The lowest BCUT2D eigenvalue weighted by Crippen LogP contribution is -2.68. The first-order valence-electron chi connectivity index (χ1n) is 10.5. The fourth-order valence-corrected chi connectivity index (χ4v) is 5.69. The van der Waals surface area contributed by atoms with E-state index in [2.05, 4.69) is 10.6 Å². The zero-order chi connectivity index (χ0) is 23.5. The maximum absolute atomic E-state index is 14.0. The summed E-state index contributed by atoms with van der Waals surface area (Å²) in [5.41, 5.74) is -0.647. The molecule has 0 radical (unpaired) electrons. The molecule has 0 aliphatic carbocycles. The molecule has 2 aromatic rings. The van der Waals surface area contributed by atoms with Crippen molar-refractivity contribution in [2.24, 2.45) is 0 Å². The van der Waals surface area contributed by atoms with Crippen molar-refractivity contribution >= 4 is 23.2 Å². The van der Waals surface area contributed by atoms with Crippen molar-refractivity contribution in [1.29, 1.82) is 0 Å². The summed E-state index contributed by atoms with van der Waals surface area (Å²) in [7, 11) is 3.22. The summed E-state index contributed by atoms with van der Waals surface area (Å²) in [5, 5.41) is 27.8. The minimum absolute atomic E-state index is 0.0446. The SMILES string of the molecule is CNC(=O)[C@@H]1C[C@@H](O)C[N+]1(C)C1(c2cccc3c2OCO3)C(=O)Nc2ccc([N+](=O)[O-])cc21. The lowest BCUT2D eigenvalue weighted by molar-refractivity contribution is -0.953. The smallest absolute Gasteiger partial charge is 0.295 e. The van der Waals surface area contributed by atoms with E-state index in [4.69, 9.17) is 9.47 Å². The molecule has 3 heterocycles. The van der Waals surface area contributed by atoms with Gasteiger partial charge in [0.25, 0.3) is 17.5 Å². The molecule has 3 aliphatic rings. The Morgan fingerprint density at radius 1 is 1.30 bits per heavy atom. The number of carbonyl (C=O) groups is 2. The third-order valence-electron chi connectivity index (χ3n) is 7.06. The number of para-hydroxylation sites is 1. The van der Waals surface area contributed by atoms with E-state index in [1.54, 1.807) is 25.2 Å². The molecule has 0 bridgehead atoms. The van der Waals surface area contributed by atoms with Crippen LogP contribution < -0.4 is 20.1 Å². The van der Waals surface area contributed by atoms with Crippen molar-refractivity contribution in [1.82, 2.24) is 5.32 Å². The second-order valence-electron chi connectivity index (χ2n) is 8.66. The Balaban J connectivity index is 1.88. The van der Waals surface area contributed by atoms with Gasteiger partial charge in [-0.25, -0.2) is 0 Å². The van der Waals surface area contributed by atoms with Gasteiger partial charge in [-0.1, -0.05) is 6.07 Å². The van der Waals surface area contributed by atoms with Gasteiger partial charge in [0.2, 0.25) is 12.3 Å². The summed E-state index contributed by atoms with van der Waals surface area (Å²) in [4.78, 5) is 38.1. The zero-order valence-corrected chi connectivity index (χ0v) is 18.0. The third-order valence-corrected chi connectivity index (χ3v) is 7.06. The molecule has 2 unspecified atom stereocenters. The van der Waals surface area contributed by atoms with Crippen LogP contribution in [0.5, 0.6) is 11.5 Å². The molecule has 11 heteroatoms. The second-order valence-corrected chi connectivity index (χ2v) is 8.66. The Kier molecular flexibility index (Phi) is 4.59. The number of aliphatic hydroxyl groups excluding tert-OH is 1. The molecule has 11 nitrogen and oxygen atoms in total. The van der Waals surface area contributed by atoms with Gasteiger partial charge in [-0.2, -0.15) is 0 Å². The summed E-state index contributed by atoms with van der Waals surface area (Å²) in [6.45, 7) is 0.0230. The van der Waals surface area contributed by atoms with Crippen molar-refractivity contribution in [2.45, 2.75) is 24.1 Å². The zero-order valence-electron chi connectivity index (χ0n) is 18.0. The second kappa shape index (κ2) is 7.15. The summed E-state index contributed by atoms with van der Waals surface area (Å²) in [5.74, 6) is -0.0398. The molecule has 5 rings (SSSR count). The number of hydrogen-bond acceptors (Lipinski definition) is 7. The molecular formula is C22H23N4O7+. The van der Waals surface area contributed by atoms with Crippen LogP contribution in [0.15, 0.2) is 36.4 Å². The minimum atomic E-state index is -1.62. The number of carbonyl (C=O) groups excluding carboxylic acids is 2. The number of ether oxygens (including phenoxy) is 2. The van der Waals surface area contributed by atoms with Gasteiger partial charge in [-0.15, -0.1) is 0 Å². The molecular weight excluding hydrogens is 432 g/mol. The third kappa shape index (κ3) is 2.69. The fraction of sp³-hybridized carbons (Fsp3) is 0.364. The number of likely N-dealkylation sites (N-methyl/N-ethyl adjacent to an activating group) is 2. The van der Waals surface area contributed by atoms with E-state index >= 15 is 0 Å². The molecule has 4 atom stereocenters. The summed E-state index contributed by atoms with van der Waals surface area (Å²) < 4.78 is 11.1. The van der Waals surface area contributed by atoms with E-state index in [9.17, 15) is 24.8 Å². The quantitative estimate of drug-likeness (QED) is 0.353. The fourth-order valence-electron chi connectivity index (χ4n) is 5.69. The number of anilines is 1. The summed E-state index contributed by atoms with van der Waals surface area (Å²) in [6, 6.07) is 8.48. The molecule has 3 aliphatic heterocycles. The monoisotopic (exact) mass is 455 g/mol. The highest BCUT2D eigenvalue weighted by Gasteiger charge is 2.69. The minimum Gasteiger partial charge on any atom is -0.454 e. The first kappa shape index (κ1) is 21.2. The van der Waals surface area contributed by atoms with Crippen LogP contribution in [0.3, 0.4) is 0 Å². The van der Waals surface area contributed by atoms with Gasteiger partial charge in [-0.05, 0) is 18.2 Å². The standard InChI is InChI=1S/C22H22N4O7/c1-23-20(28)17-9-13(27)10-26(17,2)22(14-4-3-5-18-19(14)33-11-32-18)15-8-12(25(30)31)6-7-16(15)24-21(22)29/h3-8,13,17,27H,9-11H2,1-2H3,(H-,23,24,28,29)/p+1/t13-,17+,22?,26?/m1/s1. The highest BCUT2D eigenvalue weighted by molar-refractivity contribution is 6.08. The molecule has 1 saturated heterocycles. The van der Waals surface area contributed by atoms with Crippen LogP contribution in [0.2, 0.25) is 0 Å². The van der Waals surface area contributed by atoms with Crippen molar-refractivity contribution in [3.8, 4) is 11.5 Å². The van der Waals surface area contributed by atoms with Crippen LogP contribution in [0.1, 0.15) is 17.5 Å². The highest BCUT2D eigenvalue weighted by atomic mass is 16.7. The van der Waals surface area contributed by atoms with Gasteiger partial charge >= 0.3 is 0 Å². The van der Waals surface area contributed by atoms with Crippen LogP contribution in [-0.4, -0.2) is 65.9 Å². The molecule has 33 heavy (non-hydrogen) atoms. The Hall–Kier alpha value is -3.70. The molecule has 2 aromatic carbocycles. The van der Waals surface area contributed by atoms with E-state index < -0.39 is 28.5 Å². The van der Waals surface area contributed by atoms with E-state index in [0.717, 1.165) is 0 Å². The van der Waals surface area contributed by atoms with Gasteiger partial charge in [0.05, 0.1) is 28.8 Å². The molecule has 0 spiro atoms. The average Bonchev–Trinajstić information content (AvgIpc) is 3.46. The predicted octanol–water partition coefficient (Wildman–Crippen LogP) is 0.845. The molecule has 0 aromatic heterocycles. The van der Waals surface area contributed by atoms with Gasteiger partial charge in [-0.3, -0.25) is 24.2 Å². The topological polar surface area (TPSA) is 140 Å². The van der Waals surface area contributed by atoms with Crippen LogP contribution in [0.4, 0.5) is 11.4 Å². The lowest BCUT2D eigenvalue weighted by Gasteiger charge is -2.48. The normalized spacial score (nSPS) is 29.5. The molecule has 172 valence electrons. The number of likely N-dealkylation sites (tertiary alicyclic amines) is 1. The number of quaternary nitrogens is 1. The number of rotatable bonds is 4. The lowest BCUT2D eigenvalue weighted by atomic mass is 9.78. The van der Waals surface area contributed by atoms with E-state index in [1.807, 2.05) is 0 Å².